The molecule has 1 amide bonds. The zero-order valence-corrected chi connectivity index (χ0v) is 13.9. The number of ether oxygens (including phenoxy) is 3. The maximum Gasteiger partial charge on any atom is 0.262 e. The third-order valence-electron chi connectivity index (χ3n) is 3.49. The fourth-order valence-corrected chi connectivity index (χ4v) is 2.21. The lowest BCUT2D eigenvalue weighted by atomic mass is 10.2. The number of aromatic amines is 1. The van der Waals surface area contributed by atoms with Gasteiger partial charge >= 0.3 is 0 Å². The second-order valence-corrected chi connectivity index (χ2v) is 5.11. The number of anilines is 1. The molecule has 2 aromatic carbocycles. The van der Waals surface area contributed by atoms with Gasteiger partial charge in [-0.25, -0.2) is 9.90 Å². The van der Waals surface area contributed by atoms with Crippen molar-refractivity contribution < 1.29 is 19.0 Å². The van der Waals surface area contributed by atoms with Crippen LogP contribution in [0.3, 0.4) is 0 Å². The van der Waals surface area contributed by atoms with E-state index in [2.05, 4.69) is 15.6 Å². The van der Waals surface area contributed by atoms with E-state index >= 15 is 0 Å². The Bertz CT molecular complexity index is 847. The Kier molecular flexibility index (Phi) is 4.89. The van der Waals surface area contributed by atoms with Crippen LogP contribution in [-0.4, -0.2) is 41.7 Å². The van der Waals surface area contributed by atoms with Gasteiger partial charge in [-0.05, 0) is 24.3 Å². The molecule has 0 spiro atoms. The van der Waals surface area contributed by atoms with Crippen molar-refractivity contribution in [2.45, 2.75) is 0 Å². The highest BCUT2D eigenvalue weighted by Crippen LogP contribution is 2.28. The quantitative estimate of drug-likeness (QED) is 0.687. The van der Waals surface area contributed by atoms with Gasteiger partial charge in [-0.3, -0.25) is 4.79 Å². The number of hydrogen-bond acceptors (Lipinski definition) is 5. The monoisotopic (exact) mass is 342 g/mol. The number of nitrogens with one attached hydrogen (secondary N) is 2. The summed E-state index contributed by atoms with van der Waals surface area (Å²) < 4.78 is 17.7. The second kappa shape index (κ2) is 7.43. The lowest BCUT2D eigenvalue weighted by Crippen LogP contribution is -2.20. The van der Waals surface area contributed by atoms with Crippen LogP contribution in [0.2, 0.25) is 0 Å². The number of benzene rings is 2. The zero-order chi connectivity index (χ0) is 17.6. The fourth-order valence-electron chi connectivity index (χ4n) is 2.21. The molecule has 8 heteroatoms. The van der Waals surface area contributed by atoms with Crippen LogP contribution in [0.5, 0.6) is 17.2 Å². The summed E-state index contributed by atoms with van der Waals surface area (Å²) >= 11 is 0. The molecule has 1 aromatic heterocycles. The molecule has 0 unspecified atom stereocenters. The summed E-state index contributed by atoms with van der Waals surface area (Å²) in [5.74, 6) is 1.43. The predicted octanol–water partition coefficient (Wildman–Crippen LogP) is 2.24. The molecule has 0 saturated carbocycles. The summed E-state index contributed by atoms with van der Waals surface area (Å²) in [4.78, 5) is 12.2. The Hall–Kier alpha value is -3.42. The van der Waals surface area contributed by atoms with Crippen LogP contribution in [0.4, 0.5) is 5.69 Å². The van der Waals surface area contributed by atoms with E-state index in [9.17, 15) is 4.79 Å². The van der Waals surface area contributed by atoms with Crippen molar-refractivity contribution in [2.75, 3.05) is 26.1 Å². The van der Waals surface area contributed by atoms with Gasteiger partial charge in [-0.15, -0.1) is 5.10 Å². The van der Waals surface area contributed by atoms with Crippen LogP contribution in [0.25, 0.3) is 5.69 Å². The highest BCUT2D eigenvalue weighted by atomic mass is 16.5. The van der Waals surface area contributed by atoms with E-state index in [-0.39, 0.29) is 12.5 Å². The van der Waals surface area contributed by atoms with Gasteiger partial charge in [0, 0.05) is 12.1 Å². The maximum absolute atomic E-state index is 12.2. The molecular weight excluding hydrogens is 324 g/mol. The van der Waals surface area contributed by atoms with Crippen molar-refractivity contribution in [3.63, 3.8) is 0 Å². The first kappa shape index (κ1) is 16.4. The Morgan fingerprint density at radius 1 is 1.16 bits per heavy atom. The lowest BCUT2D eigenvalue weighted by Gasteiger charge is -2.13. The molecule has 2 N–H and O–H groups in total. The average Bonchev–Trinajstić information content (AvgIpc) is 2.59. The van der Waals surface area contributed by atoms with E-state index in [0.29, 0.717) is 22.9 Å². The number of amides is 1. The first-order valence-electron chi connectivity index (χ1n) is 7.52. The summed E-state index contributed by atoms with van der Waals surface area (Å²) in [5.41, 5.74) is 1.38. The van der Waals surface area contributed by atoms with Crippen molar-refractivity contribution in [3.05, 3.63) is 48.8 Å². The summed E-state index contributed by atoms with van der Waals surface area (Å²) in [6.07, 6.45) is 1.64. The van der Waals surface area contributed by atoms with E-state index in [4.69, 9.17) is 14.2 Å². The van der Waals surface area contributed by atoms with Crippen LogP contribution in [0, 0.1) is 0 Å². The van der Waals surface area contributed by atoms with Gasteiger partial charge in [0.25, 0.3) is 5.91 Å². The van der Waals surface area contributed by atoms with Crippen molar-refractivity contribution in [3.8, 4) is 22.9 Å². The first-order valence-corrected chi connectivity index (χ1v) is 7.52. The molecule has 1 heterocycles. The molecule has 130 valence electrons. The minimum atomic E-state index is -0.305. The SMILES string of the molecule is COc1ccc(OC)c(NC(=O)COc2cccc(-n3cn[nH]3)c2)c1. The predicted molar refractivity (Wildman–Crippen MR) is 91.6 cm³/mol. The Labute approximate surface area is 144 Å². The molecule has 0 aliphatic carbocycles. The second-order valence-electron chi connectivity index (χ2n) is 5.11. The van der Waals surface area contributed by atoms with Crippen molar-refractivity contribution in [1.29, 1.82) is 0 Å². The third kappa shape index (κ3) is 3.92. The Morgan fingerprint density at radius 2 is 2.00 bits per heavy atom. The maximum atomic E-state index is 12.2. The van der Waals surface area contributed by atoms with E-state index in [1.165, 1.54) is 7.11 Å². The smallest absolute Gasteiger partial charge is 0.262 e. The summed E-state index contributed by atoms with van der Waals surface area (Å²) in [5, 5.41) is 9.28. The van der Waals surface area contributed by atoms with Gasteiger partial charge in [0.2, 0.25) is 0 Å². The number of rotatable bonds is 7. The van der Waals surface area contributed by atoms with Gasteiger partial charge < -0.3 is 19.5 Å². The number of nitrogens with zero attached hydrogens (tertiary/aromatic N) is 2. The number of hydrogen-bond donors (Lipinski definition) is 2. The summed E-state index contributed by atoms with van der Waals surface area (Å²) in [6, 6.07) is 12.5. The van der Waals surface area contributed by atoms with E-state index in [0.717, 1.165) is 5.69 Å². The number of H-pyrrole nitrogens is 1. The number of aromatic nitrogens is 3. The number of carbonyl (C=O) groups excluding carboxylic acids is 1. The Balaban J connectivity index is 1.62. The number of methoxy groups -OCH3 is 2. The standard InChI is InChI=1S/C17H18N4O4/c1-23-13-6-7-16(24-2)15(9-13)19-17(22)10-25-14-5-3-4-12(8-14)21-11-18-20-21/h3-9,11,20H,10H2,1-2H3,(H,19,22). The molecule has 3 rings (SSSR count). The van der Waals surface area contributed by atoms with Crippen molar-refractivity contribution in [2.24, 2.45) is 0 Å². The normalized spacial score (nSPS) is 10.3. The third-order valence-corrected chi connectivity index (χ3v) is 3.49. The fraction of sp³-hybridized carbons (Fsp3) is 0.176. The van der Waals surface area contributed by atoms with Gasteiger partial charge in [0.15, 0.2) is 6.61 Å². The minimum absolute atomic E-state index is 0.134. The highest BCUT2D eigenvalue weighted by molar-refractivity contribution is 5.93. The van der Waals surface area contributed by atoms with Crippen molar-refractivity contribution >= 4 is 11.6 Å². The molecule has 0 aliphatic rings. The average molecular weight is 342 g/mol. The molecule has 25 heavy (non-hydrogen) atoms. The topological polar surface area (TPSA) is 90.4 Å². The van der Waals surface area contributed by atoms with Gasteiger partial charge in [0.05, 0.1) is 25.6 Å². The lowest BCUT2D eigenvalue weighted by molar-refractivity contribution is -0.118. The first-order chi connectivity index (χ1) is 12.2. The summed E-state index contributed by atoms with van der Waals surface area (Å²) in [7, 11) is 3.09. The van der Waals surface area contributed by atoms with E-state index in [1.54, 1.807) is 48.5 Å². The molecule has 8 nitrogen and oxygen atoms in total. The van der Waals surface area contributed by atoms with Crippen LogP contribution in [-0.2, 0) is 4.79 Å². The summed E-state index contributed by atoms with van der Waals surface area (Å²) in [6.45, 7) is -0.134. The Morgan fingerprint density at radius 3 is 2.68 bits per heavy atom. The largest absolute Gasteiger partial charge is 0.497 e. The molecule has 0 bridgehead atoms. The molecule has 0 radical (unpaired) electrons. The molecular formula is C17H18N4O4. The van der Waals surface area contributed by atoms with E-state index in [1.807, 2.05) is 12.1 Å². The van der Waals surface area contributed by atoms with Gasteiger partial charge in [-0.1, -0.05) is 6.07 Å². The van der Waals surface area contributed by atoms with Gasteiger partial charge in [-0.2, -0.15) is 0 Å². The molecule has 0 aliphatic heterocycles. The van der Waals surface area contributed by atoms with Crippen molar-refractivity contribution in [1.82, 2.24) is 15.0 Å². The van der Waals surface area contributed by atoms with Crippen LogP contribution < -0.4 is 19.5 Å². The molecule has 0 saturated heterocycles. The zero-order valence-electron chi connectivity index (χ0n) is 13.9. The molecule has 3 aromatic rings. The minimum Gasteiger partial charge on any atom is -0.497 e. The number of carbonyl (C=O) groups is 1. The highest BCUT2D eigenvalue weighted by Gasteiger charge is 2.10. The molecule has 0 atom stereocenters. The van der Waals surface area contributed by atoms with Crippen LogP contribution >= 0.6 is 0 Å². The molecule has 0 fully saturated rings. The van der Waals surface area contributed by atoms with E-state index < -0.39 is 0 Å². The van der Waals surface area contributed by atoms with Crippen LogP contribution in [0.1, 0.15) is 0 Å². The van der Waals surface area contributed by atoms with Gasteiger partial charge in [0.1, 0.15) is 23.6 Å². The van der Waals surface area contributed by atoms with Crippen LogP contribution in [0.15, 0.2) is 48.8 Å².